The molecule has 2 N–H and O–H groups in total. The van der Waals surface area contributed by atoms with Gasteiger partial charge in [-0.2, -0.15) is 5.10 Å². The Morgan fingerprint density at radius 1 is 0.971 bits per heavy atom. The minimum absolute atomic E-state index is 0.144. The Bertz CT molecular complexity index is 1260. The molecule has 0 unspecified atom stereocenters. The Balaban J connectivity index is 1.63. The number of anilines is 1. The van der Waals surface area contributed by atoms with E-state index < -0.39 is 16.7 Å². The second-order valence-corrected chi connectivity index (χ2v) is 7.62. The van der Waals surface area contributed by atoms with Gasteiger partial charge in [-0.3, -0.25) is 19.7 Å². The predicted molar refractivity (Wildman–Crippen MR) is 130 cm³/mol. The molecule has 0 fully saturated rings. The summed E-state index contributed by atoms with van der Waals surface area (Å²) < 4.78 is 11.2. The average Bonchev–Trinajstić information content (AvgIpc) is 2.84. The number of nitro benzene ring substituents is 1. The normalized spacial score (nSPS) is 10.6. The summed E-state index contributed by atoms with van der Waals surface area (Å²) in [5.74, 6) is 0.141. The molecule has 11 heteroatoms. The summed E-state index contributed by atoms with van der Waals surface area (Å²) >= 11 is 3.39. The van der Waals surface area contributed by atoms with Gasteiger partial charge in [0.1, 0.15) is 11.5 Å². The highest BCUT2D eigenvalue weighted by Gasteiger charge is 2.12. The lowest BCUT2D eigenvalue weighted by Gasteiger charge is -2.09. The largest absolute Gasteiger partial charge is 0.496 e. The third-order valence-corrected chi connectivity index (χ3v) is 5.22. The lowest BCUT2D eigenvalue weighted by atomic mass is 10.1. The van der Waals surface area contributed by atoms with Crippen LogP contribution in [0.1, 0.15) is 26.3 Å². The zero-order chi connectivity index (χ0) is 24.7. The van der Waals surface area contributed by atoms with Crippen molar-refractivity contribution >= 4 is 45.3 Å². The minimum Gasteiger partial charge on any atom is -0.496 e. The first kappa shape index (κ1) is 24.4. The Kier molecular flexibility index (Phi) is 7.93. The molecule has 3 aromatic rings. The number of hydrazone groups is 1. The molecular weight excluding hydrogens is 508 g/mol. The second-order valence-electron chi connectivity index (χ2n) is 6.77. The van der Waals surface area contributed by atoms with Gasteiger partial charge in [0.15, 0.2) is 0 Å². The summed E-state index contributed by atoms with van der Waals surface area (Å²) in [6.07, 6.45) is 1.44. The quantitative estimate of drug-likeness (QED) is 0.254. The topological polar surface area (TPSA) is 132 Å². The molecule has 0 aliphatic heterocycles. The molecule has 0 radical (unpaired) electrons. The summed E-state index contributed by atoms with van der Waals surface area (Å²) in [5.41, 5.74) is 3.74. The maximum Gasteiger partial charge on any atom is 0.271 e. The Labute approximate surface area is 202 Å². The standard InChI is InChI=1S/C23H19BrN4O6/c1-33-20-12-21(34-2)19(24)11-16(20)13-25-27-23(30)14-6-8-17(9-7-14)26-22(29)15-4-3-5-18(10-15)28(31)32/h3-13H,1-2H3,(H,26,29)(H,27,30). The number of hydrogen-bond donors (Lipinski definition) is 2. The van der Waals surface area contributed by atoms with Crippen molar-refractivity contribution in [2.24, 2.45) is 5.10 Å². The predicted octanol–water partition coefficient (Wildman–Crippen LogP) is 4.39. The Morgan fingerprint density at radius 3 is 2.32 bits per heavy atom. The lowest BCUT2D eigenvalue weighted by Crippen LogP contribution is -2.18. The van der Waals surface area contributed by atoms with Crippen molar-refractivity contribution in [2.45, 2.75) is 0 Å². The fourth-order valence-corrected chi connectivity index (χ4v) is 3.40. The molecule has 0 aliphatic carbocycles. The van der Waals surface area contributed by atoms with Gasteiger partial charge in [-0.15, -0.1) is 0 Å². The molecular formula is C23H19BrN4O6. The van der Waals surface area contributed by atoms with Crippen LogP contribution in [0.2, 0.25) is 0 Å². The van der Waals surface area contributed by atoms with Crippen LogP contribution in [0.25, 0.3) is 0 Å². The first-order valence-electron chi connectivity index (χ1n) is 9.73. The van der Waals surface area contributed by atoms with Crippen LogP contribution < -0.4 is 20.2 Å². The van der Waals surface area contributed by atoms with Gasteiger partial charge in [0, 0.05) is 40.6 Å². The van der Waals surface area contributed by atoms with Crippen molar-refractivity contribution < 1.29 is 24.0 Å². The number of benzene rings is 3. The van der Waals surface area contributed by atoms with Crippen molar-refractivity contribution in [1.82, 2.24) is 5.43 Å². The average molecular weight is 527 g/mol. The van der Waals surface area contributed by atoms with Crippen molar-refractivity contribution in [3.8, 4) is 11.5 Å². The number of carbonyl (C=O) groups excluding carboxylic acids is 2. The highest BCUT2D eigenvalue weighted by Crippen LogP contribution is 2.31. The Hall–Kier alpha value is -4.25. The molecule has 10 nitrogen and oxygen atoms in total. The van der Waals surface area contributed by atoms with Crippen LogP contribution in [-0.4, -0.2) is 37.2 Å². The first-order valence-corrected chi connectivity index (χ1v) is 10.5. The van der Waals surface area contributed by atoms with E-state index in [4.69, 9.17) is 9.47 Å². The zero-order valence-corrected chi connectivity index (χ0v) is 19.7. The van der Waals surface area contributed by atoms with Gasteiger partial charge in [0.05, 0.1) is 29.8 Å². The number of nitrogens with one attached hydrogen (secondary N) is 2. The monoisotopic (exact) mass is 526 g/mol. The van der Waals surface area contributed by atoms with Gasteiger partial charge in [0.2, 0.25) is 0 Å². The van der Waals surface area contributed by atoms with E-state index in [0.29, 0.717) is 32.8 Å². The van der Waals surface area contributed by atoms with Crippen molar-refractivity contribution in [2.75, 3.05) is 19.5 Å². The molecule has 3 aromatic carbocycles. The molecule has 0 heterocycles. The van der Waals surface area contributed by atoms with Gasteiger partial charge >= 0.3 is 0 Å². The molecule has 0 bridgehead atoms. The van der Waals surface area contributed by atoms with E-state index in [2.05, 4.69) is 31.8 Å². The fourth-order valence-electron chi connectivity index (χ4n) is 2.88. The number of amides is 2. The van der Waals surface area contributed by atoms with Gasteiger partial charge in [-0.25, -0.2) is 5.43 Å². The summed E-state index contributed by atoms with van der Waals surface area (Å²) in [7, 11) is 3.05. The molecule has 0 saturated heterocycles. The highest BCUT2D eigenvalue weighted by molar-refractivity contribution is 9.10. The molecule has 0 aromatic heterocycles. The molecule has 0 aliphatic rings. The Morgan fingerprint density at radius 2 is 1.68 bits per heavy atom. The molecule has 0 atom stereocenters. The van der Waals surface area contributed by atoms with Gasteiger partial charge in [0.25, 0.3) is 17.5 Å². The first-order chi connectivity index (χ1) is 16.3. The smallest absolute Gasteiger partial charge is 0.271 e. The van der Waals surface area contributed by atoms with Crippen molar-refractivity contribution in [3.63, 3.8) is 0 Å². The van der Waals surface area contributed by atoms with Crippen LogP contribution in [0.4, 0.5) is 11.4 Å². The maximum absolute atomic E-state index is 12.4. The van der Waals surface area contributed by atoms with Gasteiger partial charge < -0.3 is 14.8 Å². The summed E-state index contributed by atoms with van der Waals surface area (Å²) in [4.78, 5) is 35.0. The maximum atomic E-state index is 12.4. The highest BCUT2D eigenvalue weighted by atomic mass is 79.9. The summed E-state index contributed by atoms with van der Waals surface area (Å²) in [6.45, 7) is 0. The number of halogens is 1. The molecule has 174 valence electrons. The zero-order valence-electron chi connectivity index (χ0n) is 18.1. The van der Waals surface area contributed by atoms with Crippen LogP contribution in [0.15, 0.2) is 70.2 Å². The molecule has 2 amide bonds. The van der Waals surface area contributed by atoms with E-state index in [1.54, 1.807) is 12.1 Å². The number of nitro groups is 1. The number of hydrogen-bond acceptors (Lipinski definition) is 7. The van der Waals surface area contributed by atoms with Gasteiger partial charge in [-0.05, 0) is 52.3 Å². The number of carbonyl (C=O) groups is 2. The molecule has 0 saturated carbocycles. The lowest BCUT2D eigenvalue weighted by molar-refractivity contribution is -0.384. The molecule has 34 heavy (non-hydrogen) atoms. The molecule has 0 spiro atoms. The van der Waals surface area contributed by atoms with Crippen molar-refractivity contribution in [1.29, 1.82) is 0 Å². The van der Waals surface area contributed by atoms with E-state index >= 15 is 0 Å². The second kappa shape index (κ2) is 11.1. The SMILES string of the molecule is COc1cc(OC)c(C=NNC(=O)c2ccc(NC(=O)c3cccc([N+](=O)[O-])c3)cc2)cc1Br. The van der Waals surface area contributed by atoms with Crippen LogP contribution in [-0.2, 0) is 0 Å². The van der Waals surface area contributed by atoms with Crippen LogP contribution in [0, 0.1) is 10.1 Å². The van der Waals surface area contributed by atoms with E-state index in [0.717, 1.165) is 0 Å². The van der Waals surface area contributed by atoms with Crippen molar-refractivity contribution in [3.05, 3.63) is 91.9 Å². The number of nitrogens with zero attached hydrogens (tertiary/aromatic N) is 2. The third kappa shape index (κ3) is 5.95. The number of non-ortho nitro benzene ring substituents is 1. The van der Waals surface area contributed by atoms with E-state index in [-0.39, 0.29) is 11.3 Å². The number of methoxy groups -OCH3 is 2. The van der Waals surface area contributed by atoms with Crippen LogP contribution >= 0.6 is 15.9 Å². The van der Waals surface area contributed by atoms with Crippen LogP contribution in [0.5, 0.6) is 11.5 Å². The fraction of sp³-hybridized carbons (Fsp3) is 0.0870. The van der Waals surface area contributed by atoms with Gasteiger partial charge in [-0.1, -0.05) is 6.07 Å². The summed E-state index contributed by atoms with van der Waals surface area (Å²) in [6, 6.07) is 14.9. The third-order valence-electron chi connectivity index (χ3n) is 4.60. The van der Waals surface area contributed by atoms with E-state index in [9.17, 15) is 19.7 Å². The number of rotatable bonds is 8. The molecule has 3 rings (SSSR count). The summed E-state index contributed by atoms with van der Waals surface area (Å²) in [5, 5.41) is 17.5. The van der Waals surface area contributed by atoms with E-state index in [1.807, 2.05) is 0 Å². The minimum atomic E-state index is -0.573. The van der Waals surface area contributed by atoms with Crippen LogP contribution in [0.3, 0.4) is 0 Å². The van der Waals surface area contributed by atoms with E-state index in [1.165, 1.54) is 69.0 Å². The number of ether oxygens (including phenoxy) is 2.